The molecule has 2 aromatic rings. The molecule has 3 rings (SSSR count). The zero-order valence-corrected chi connectivity index (χ0v) is 13.8. The van der Waals surface area contributed by atoms with Crippen molar-refractivity contribution >= 4 is 23.3 Å². The van der Waals surface area contributed by atoms with E-state index in [-0.39, 0.29) is 5.91 Å². The molecule has 23 heavy (non-hydrogen) atoms. The number of halogens is 1. The van der Waals surface area contributed by atoms with Gasteiger partial charge < -0.3 is 5.32 Å². The van der Waals surface area contributed by atoms with E-state index >= 15 is 0 Å². The third-order valence-corrected chi connectivity index (χ3v) is 4.37. The molecule has 0 atom stereocenters. The van der Waals surface area contributed by atoms with Gasteiger partial charge in [-0.2, -0.15) is 5.10 Å². The van der Waals surface area contributed by atoms with Crippen LogP contribution in [0.5, 0.6) is 0 Å². The van der Waals surface area contributed by atoms with Crippen LogP contribution >= 0.6 is 11.6 Å². The molecule has 122 valence electrons. The zero-order chi connectivity index (χ0) is 16.2. The van der Waals surface area contributed by atoms with Crippen LogP contribution in [0, 0.1) is 0 Å². The minimum absolute atomic E-state index is 0.0420. The Kier molecular flexibility index (Phi) is 4.93. The first-order valence-corrected chi connectivity index (χ1v) is 8.10. The number of aromatic nitrogens is 3. The SMILES string of the molecule is Cn1cc(C2CCN(CC(=O)Nc3ccc(Cl)cn3)CC2)cn1. The van der Waals surface area contributed by atoms with E-state index in [1.54, 1.807) is 12.1 Å². The van der Waals surface area contributed by atoms with Crippen molar-refractivity contribution in [1.82, 2.24) is 19.7 Å². The maximum absolute atomic E-state index is 12.1. The second kappa shape index (κ2) is 7.10. The highest BCUT2D eigenvalue weighted by Gasteiger charge is 2.22. The Labute approximate surface area is 140 Å². The van der Waals surface area contributed by atoms with E-state index in [2.05, 4.69) is 26.5 Å². The predicted octanol–water partition coefficient (Wildman–Crippen LogP) is 2.29. The van der Waals surface area contributed by atoms with Crippen LogP contribution in [0.4, 0.5) is 5.82 Å². The van der Waals surface area contributed by atoms with Gasteiger partial charge in [-0.3, -0.25) is 14.4 Å². The minimum Gasteiger partial charge on any atom is -0.310 e. The van der Waals surface area contributed by atoms with Crippen LogP contribution < -0.4 is 5.32 Å². The molecule has 1 amide bonds. The third-order valence-electron chi connectivity index (χ3n) is 4.15. The molecule has 0 unspecified atom stereocenters. The molecule has 1 saturated heterocycles. The van der Waals surface area contributed by atoms with Gasteiger partial charge in [-0.25, -0.2) is 4.98 Å². The lowest BCUT2D eigenvalue weighted by molar-refractivity contribution is -0.117. The van der Waals surface area contributed by atoms with Crippen molar-refractivity contribution in [2.24, 2.45) is 7.05 Å². The van der Waals surface area contributed by atoms with Crippen molar-refractivity contribution in [2.75, 3.05) is 25.0 Å². The van der Waals surface area contributed by atoms with E-state index in [0.717, 1.165) is 25.9 Å². The van der Waals surface area contributed by atoms with E-state index < -0.39 is 0 Å². The number of pyridine rings is 1. The molecule has 0 radical (unpaired) electrons. The van der Waals surface area contributed by atoms with E-state index in [4.69, 9.17) is 11.6 Å². The van der Waals surface area contributed by atoms with Crippen LogP contribution in [-0.4, -0.2) is 45.2 Å². The highest BCUT2D eigenvalue weighted by molar-refractivity contribution is 6.30. The summed E-state index contributed by atoms with van der Waals surface area (Å²) in [6.07, 6.45) is 7.66. The van der Waals surface area contributed by atoms with Crippen molar-refractivity contribution < 1.29 is 4.79 Å². The van der Waals surface area contributed by atoms with Crippen molar-refractivity contribution in [3.63, 3.8) is 0 Å². The van der Waals surface area contributed by atoms with Crippen LogP contribution in [0.2, 0.25) is 5.02 Å². The number of rotatable bonds is 4. The minimum atomic E-state index is -0.0420. The highest BCUT2D eigenvalue weighted by atomic mass is 35.5. The lowest BCUT2D eigenvalue weighted by Crippen LogP contribution is -2.38. The summed E-state index contributed by atoms with van der Waals surface area (Å²) in [5.41, 5.74) is 1.29. The van der Waals surface area contributed by atoms with Gasteiger partial charge in [0.25, 0.3) is 0 Å². The van der Waals surface area contributed by atoms with Gasteiger partial charge in [0.05, 0.1) is 17.8 Å². The van der Waals surface area contributed by atoms with E-state index in [0.29, 0.717) is 23.3 Å². The second-order valence-electron chi connectivity index (χ2n) is 5.91. The Hall–Kier alpha value is -1.92. The fourth-order valence-corrected chi connectivity index (χ4v) is 3.02. The summed E-state index contributed by atoms with van der Waals surface area (Å²) in [4.78, 5) is 18.3. The number of hydrogen-bond acceptors (Lipinski definition) is 4. The number of nitrogens with one attached hydrogen (secondary N) is 1. The van der Waals surface area contributed by atoms with Gasteiger partial charge in [-0.1, -0.05) is 11.6 Å². The smallest absolute Gasteiger partial charge is 0.239 e. The molecule has 1 aliphatic rings. The molecule has 1 N–H and O–H groups in total. The van der Waals surface area contributed by atoms with Crippen LogP contribution in [0.15, 0.2) is 30.7 Å². The standard InChI is InChI=1S/C16H20ClN5O/c1-21-10-13(8-19-21)12-4-6-22(7-5-12)11-16(23)20-15-3-2-14(17)9-18-15/h2-3,8-10,12H,4-7,11H2,1H3,(H,18,20,23). The monoisotopic (exact) mass is 333 g/mol. The summed E-state index contributed by atoms with van der Waals surface area (Å²) in [5, 5.41) is 7.59. The Morgan fingerprint density at radius 1 is 1.35 bits per heavy atom. The number of nitrogens with zero attached hydrogens (tertiary/aromatic N) is 4. The molecule has 1 aliphatic heterocycles. The van der Waals surface area contributed by atoms with E-state index in [9.17, 15) is 4.79 Å². The molecule has 0 aliphatic carbocycles. The molecule has 0 spiro atoms. The predicted molar refractivity (Wildman–Crippen MR) is 89.5 cm³/mol. The summed E-state index contributed by atoms with van der Waals surface area (Å²) in [7, 11) is 1.94. The molecule has 6 nitrogen and oxygen atoms in total. The zero-order valence-electron chi connectivity index (χ0n) is 13.1. The summed E-state index contributed by atoms with van der Waals surface area (Å²) in [5.74, 6) is 1.03. The van der Waals surface area contributed by atoms with Gasteiger partial charge in [0.2, 0.25) is 5.91 Å². The summed E-state index contributed by atoms with van der Waals surface area (Å²) in [6, 6.07) is 3.42. The lowest BCUT2D eigenvalue weighted by Gasteiger charge is -2.30. The maximum atomic E-state index is 12.1. The highest BCUT2D eigenvalue weighted by Crippen LogP contribution is 2.27. The van der Waals surface area contributed by atoms with Gasteiger partial charge >= 0.3 is 0 Å². The van der Waals surface area contributed by atoms with Crippen LogP contribution in [0.1, 0.15) is 24.3 Å². The Morgan fingerprint density at radius 2 is 2.13 bits per heavy atom. The largest absolute Gasteiger partial charge is 0.310 e. The van der Waals surface area contributed by atoms with Crippen LogP contribution in [-0.2, 0) is 11.8 Å². The summed E-state index contributed by atoms with van der Waals surface area (Å²) < 4.78 is 1.84. The third kappa shape index (κ3) is 4.30. The fourth-order valence-electron chi connectivity index (χ4n) is 2.91. The Bertz CT molecular complexity index is 661. The number of anilines is 1. The van der Waals surface area contributed by atoms with Gasteiger partial charge in [0, 0.05) is 19.4 Å². The molecular formula is C16H20ClN5O. The topological polar surface area (TPSA) is 63.1 Å². The number of carbonyl (C=O) groups excluding carboxylic acids is 1. The number of carbonyl (C=O) groups is 1. The number of amides is 1. The molecule has 1 fully saturated rings. The molecule has 0 saturated carbocycles. The second-order valence-corrected chi connectivity index (χ2v) is 6.34. The Morgan fingerprint density at radius 3 is 2.74 bits per heavy atom. The van der Waals surface area contributed by atoms with E-state index in [1.807, 2.05) is 17.9 Å². The molecule has 0 bridgehead atoms. The number of hydrogen-bond donors (Lipinski definition) is 1. The molecule has 0 aromatic carbocycles. The van der Waals surface area contributed by atoms with Crippen molar-refractivity contribution in [2.45, 2.75) is 18.8 Å². The average Bonchev–Trinajstić information content (AvgIpc) is 2.97. The molecule has 7 heteroatoms. The Balaban J connectivity index is 1.46. The van der Waals surface area contributed by atoms with Crippen LogP contribution in [0.3, 0.4) is 0 Å². The van der Waals surface area contributed by atoms with Crippen molar-refractivity contribution in [1.29, 1.82) is 0 Å². The first-order chi connectivity index (χ1) is 11.1. The average molecular weight is 334 g/mol. The first kappa shape index (κ1) is 16.0. The van der Waals surface area contributed by atoms with Gasteiger partial charge in [-0.05, 0) is 49.5 Å². The first-order valence-electron chi connectivity index (χ1n) is 7.72. The van der Waals surface area contributed by atoms with Gasteiger partial charge in [0.1, 0.15) is 5.82 Å². The normalized spacial score (nSPS) is 16.4. The maximum Gasteiger partial charge on any atom is 0.239 e. The summed E-state index contributed by atoms with van der Waals surface area (Å²) in [6.45, 7) is 2.23. The number of piperidine rings is 1. The van der Waals surface area contributed by atoms with Crippen LogP contribution in [0.25, 0.3) is 0 Å². The summed E-state index contributed by atoms with van der Waals surface area (Å²) >= 11 is 5.78. The lowest BCUT2D eigenvalue weighted by atomic mass is 9.91. The molecule has 2 aromatic heterocycles. The quantitative estimate of drug-likeness (QED) is 0.932. The van der Waals surface area contributed by atoms with Crippen molar-refractivity contribution in [3.8, 4) is 0 Å². The fraction of sp³-hybridized carbons (Fsp3) is 0.438. The van der Waals surface area contributed by atoms with Gasteiger partial charge in [-0.15, -0.1) is 0 Å². The number of aryl methyl sites for hydroxylation is 1. The molecule has 3 heterocycles. The van der Waals surface area contributed by atoms with Crippen molar-refractivity contribution in [3.05, 3.63) is 41.3 Å². The van der Waals surface area contributed by atoms with E-state index in [1.165, 1.54) is 11.8 Å². The number of likely N-dealkylation sites (tertiary alicyclic amines) is 1. The molecular weight excluding hydrogens is 314 g/mol. The van der Waals surface area contributed by atoms with Gasteiger partial charge in [0.15, 0.2) is 0 Å².